The van der Waals surface area contributed by atoms with Crippen molar-refractivity contribution < 1.29 is 4.79 Å². The van der Waals surface area contributed by atoms with Gasteiger partial charge in [0.2, 0.25) is 5.91 Å². The third-order valence-electron chi connectivity index (χ3n) is 4.06. The third-order valence-corrected chi connectivity index (χ3v) is 4.06. The number of nitrogens with one attached hydrogen (secondary N) is 1. The Hall–Kier alpha value is -1.31. The molecule has 2 rings (SSSR count). The maximum atomic E-state index is 11.7. The number of amides is 1. The average molecular weight is 259 g/mol. The minimum Gasteiger partial charge on any atom is -0.359 e. The lowest BCUT2D eigenvalue weighted by Gasteiger charge is -2.19. The number of rotatable bonds is 5. The molecule has 0 aliphatic heterocycles. The second-order valence-electron chi connectivity index (χ2n) is 6.09. The van der Waals surface area contributed by atoms with Crippen molar-refractivity contribution in [1.82, 2.24) is 5.32 Å². The van der Waals surface area contributed by atoms with Crippen LogP contribution in [0.3, 0.4) is 0 Å². The molecule has 1 aromatic rings. The Morgan fingerprint density at radius 1 is 1.26 bits per heavy atom. The Labute approximate surface area is 116 Å². The van der Waals surface area contributed by atoms with Crippen molar-refractivity contribution in [1.29, 1.82) is 0 Å². The summed E-state index contributed by atoms with van der Waals surface area (Å²) in [5.41, 5.74) is 4.35. The number of benzene rings is 1. The maximum absolute atomic E-state index is 11.7. The van der Waals surface area contributed by atoms with Crippen molar-refractivity contribution in [2.24, 2.45) is 5.92 Å². The molecular weight excluding hydrogens is 234 g/mol. The Kier molecular flexibility index (Phi) is 4.62. The molecule has 1 aromatic carbocycles. The summed E-state index contributed by atoms with van der Waals surface area (Å²) in [4.78, 5) is 11.7. The molecule has 0 spiro atoms. The summed E-state index contributed by atoms with van der Waals surface area (Å²) in [7, 11) is 1.72. The van der Waals surface area contributed by atoms with E-state index in [1.807, 2.05) is 0 Å². The summed E-state index contributed by atoms with van der Waals surface area (Å²) < 4.78 is 0. The van der Waals surface area contributed by atoms with Crippen LogP contribution in [0.1, 0.15) is 55.7 Å². The zero-order chi connectivity index (χ0) is 13.8. The van der Waals surface area contributed by atoms with Crippen LogP contribution in [0.4, 0.5) is 0 Å². The van der Waals surface area contributed by atoms with Crippen molar-refractivity contribution in [3.63, 3.8) is 0 Å². The van der Waals surface area contributed by atoms with Crippen LogP contribution >= 0.6 is 0 Å². The lowest BCUT2D eigenvalue weighted by Crippen LogP contribution is -2.21. The quantitative estimate of drug-likeness (QED) is 0.862. The smallest absolute Gasteiger partial charge is 0.220 e. The van der Waals surface area contributed by atoms with E-state index in [2.05, 4.69) is 37.4 Å². The second kappa shape index (κ2) is 6.23. The zero-order valence-corrected chi connectivity index (χ0v) is 12.3. The van der Waals surface area contributed by atoms with Crippen LogP contribution in [0.2, 0.25) is 0 Å². The molecule has 1 amide bonds. The molecular formula is C17H25NO. The number of carbonyl (C=O) groups excluding carboxylic acids is 1. The number of fused-ring (bicyclic) bond motifs is 1. The lowest BCUT2D eigenvalue weighted by molar-refractivity contribution is -0.121. The van der Waals surface area contributed by atoms with E-state index in [1.165, 1.54) is 36.0 Å². The van der Waals surface area contributed by atoms with E-state index in [1.54, 1.807) is 7.05 Å². The van der Waals surface area contributed by atoms with Crippen molar-refractivity contribution in [2.45, 2.75) is 51.9 Å². The molecule has 0 bridgehead atoms. The number of carbonyl (C=O) groups is 1. The standard InChI is InChI=1S/C17H25NO/c1-12(2)9-16(11-17(19)18-3)15-8-7-13-5-4-6-14(13)10-15/h7-8,10,12,16H,4-6,9,11H2,1-3H3,(H,18,19). The van der Waals surface area contributed by atoms with Gasteiger partial charge in [0.15, 0.2) is 0 Å². The molecule has 0 saturated heterocycles. The fourth-order valence-electron chi connectivity index (χ4n) is 3.08. The fourth-order valence-corrected chi connectivity index (χ4v) is 3.08. The number of hydrogen-bond acceptors (Lipinski definition) is 1. The molecule has 1 N–H and O–H groups in total. The molecule has 104 valence electrons. The topological polar surface area (TPSA) is 29.1 Å². The first kappa shape index (κ1) is 14.1. The fraction of sp³-hybridized carbons (Fsp3) is 0.588. The molecule has 19 heavy (non-hydrogen) atoms. The maximum Gasteiger partial charge on any atom is 0.220 e. The van der Waals surface area contributed by atoms with E-state index in [9.17, 15) is 4.79 Å². The normalized spacial score (nSPS) is 15.4. The van der Waals surface area contributed by atoms with Gasteiger partial charge in [0.1, 0.15) is 0 Å². The SMILES string of the molecule is CNC(=O)CC(CC(C)C)c1ccc2c(c1)CCC2. The van der Waals surface area contributed by atoms with Gasteiger partial charge in [0.05, 0.1) is 0 Å². The van der Waals surface area contributed by atoms with Gasteiger partial charge < -0.3 is 5.32 Å². The molecule has 0 aromatic heterocycles. The summed E-state index contributed by atoms with van der Waals surface area (Å²) >= 11 is 0. The highest BCUT2D eigenvalue weighted by atomic mass is 16.1. The average Bonchev–Trinajstić information content (AvgIpc) is 2.84. The monoisotopic (exact) mass is 259 g/mol. The van der Waals surface area contributed by atoms with Gasteiger partial charge in [-0.1, -0.05) is 32.0 Å². The van der Waals surface area contributed by atoms with E-state index < -0.39 is 0 Å². The minimum atomic E-state index is 0.145. The number of hydrogen-bond donors (Lipinski definition) is 1. The largest absolute Gasteiger partial charge is 0.359 e. The minimum absolute atomic E-state index is 0.145. The van der Waals surface area contributed by atoms with Crippen molar-refractivity contribution in [3.8, 4) is 0 Å². The highest BCUT2D eigenvalue weighted by Gasteiger charge is 2.19. The van der Waals surface area contributed by atoms with E-state index in [0.29, 0.717) is 18.3 Å². The molecule has 0 saturated carbocycles. The van der Waals surface area contributed by atoms with Gasteiger partial charge >= 0.3 is 0 Å². The summed E-state index contributed by atoms with van der Waals surface area (Å²) in [5.74, 6) is 1.11. The summed E-state index contributed by atoms with van der Waals surface area (Å²) in [6.07, 6.45) is 5.39. The molecule has 1 atom stereocenters. The van der Waals surface area contributed by atoms with Crippen LogP contribution in [0.5, 0.6) is 0 Å². The van der Waals surface area contributed by atoms with Gasteiger partial charge in [0, 0.05) is 13.5 Å². The van der Waals surface area contributed by atoms with Gasteiger partial charge in [-0.25, -0.2) is 0 Å². The lowest BCUT2D eigenvalue weighted by atomic mass is 9.86. The van der Waals surface area contributed by atoms with Crippen LogP contribution in [-0.4, -0.2) is 13.0 Å². The first-order valence-corrected chi connectivity index (χ1v) is 7.42. The van der Waals surface area contributed by atoms with E-state index in [0.717, 1.165) is 6.42 Å². The molecule has 1 aliphatic carbocycles. The van der Waals surface area contributed by atoms with Gasteiger partial charge in [0.25, 0.3) is 0 Å². The van der Waals surface area contributed by atoms with Crippen LogP contribution in [-0.2, 0) is 17.6 Å². The highest BCUT2D eigenvalue weighted by Crippen LogP contribution is 2.31. The Morgan fingerprint density at radius 2 is 2.00 bits per heavy atom. The van der Waals surface area contributed by atoms with Crippen molar-refractivity contribution >= 4 is 5.91 Å². The molecule has 2 nitrogen and oxygen atoms in total. The van der Waals surface area contributed by atoms with E-state index in [-0.39, 0.29) is 5.91 Å². The predicted molar refractivity (Wildman–Crippen MR) is 79.3 cm³/mol. The Bertz CT molecular complexity index is 451. The molecule has 2 heteroatoms. The molecule has 0 radical (unpaired) electrons. The van der Waals surface area contributed by atoms with Gasteiger partial charge in [-0.15, -0.1) is 0 Å². The number of aryl methyl sites for hydroxylation is 2. The summed E-state index contributed by atoms with van der Waals surface area (Å²) in [6.45, 7) is 4.45. The molecule has 1 aliphatic rings. The summed E-state index contributed by atoms with van der Waals surface area (Å²) in [5, 5.41) is 2.75. The Morgan fingerprint density at radius 3 is 2.68 bits per heavy atom. The molecule has 0 heterocycles. The van der Waals surface area contributed by atoms with Gasteiger partial charge in [-0.2, -0.15) is 0 Å². The van der Waals surface area contributed by atoms with Crippen molar-refractivity contribution in [2.75, 3.05) is 7.05 Å². The van der Waals surface area contributed by atoms with Crippen LogP contribution < -0.4 is 5.32 Å². The van der Waals surface area contributed by atoms with Crippen LogP contribution in [0, 0.1) is 5.92 Å². The van der Waals surface area contributed by atoms with Crippen molar-refractivity contribution in [3.05, 3.63) is 34.9 Å². The molecule has 0 fully saturated rings. The first-order chi connectivity index (χ1) is 9.10. The second-order valence-corrected chi connectivity index (χ2v) is 6.09. The van der Waals surface area contributed by atoms with Gasteiger partial charge in [-0.05, 0) is 54.2 Å². The van der Waals surface area contributed by atoms with Crippen LogP contribution in [0.15, 0.2) is 18.2 Å². The van der Waals surface area contributed by atoms with Crippen LogP contribution in [0.25, 0.3) is 0 Å². The van der Waals surface area contributed by atoms with E-state index >= 15 is 0 Å². The van der Waals surface area contributed by atoms with Gasteiger partial charge in [-0.3, -0.25) is 4.79 Å². The first-order valence-electron chi connectivity index (χ1n) is 7.42. The Balaban J connectivity index is 2.19. The zero-order valence-electron chi connectivity index (χ0n) is 12.3. The predicted octanol–water partition coefficient (Wildman–Crippen LogP) is 3.44. The third kappa shape index (κ3) is 3.59. The van der Waals surface area contributed by atoms with E-state index in [4.69, 9.17) is 0 Å². The summed E-state index contributed by atoms with van der Waals surface area (Å²) in [6, 6.07) is 6.85. The highest BCUT2D eigenvalue weighted by molar-refractivity contribution is 5.76. The molecule has 1 unspecified atom stereocenters.